The molecule has 4 saturated carbocycles. The summed E-state index contributed by atoms with van der Waals surface area (Å²) in [4.78, 5) is 13.4. The van der Waals surface area contributed by atoms with Crippen molar-refractivity contribution in [2.24, 2.45) is 46.3 Å². The van der Waals surface area contributed by atoms with Gasteiger partial charge in [0.1, 0.15) is 5.69 Å². The molecular formula is C44H65BrN2O. The lowest BCUT2D eigenvalue weighted by atomic mass is 9.44. The molecule has 0 radical (unpaired) electrons. The van der Waals surface area contributed by atoms with Crippen LogP contribution in [0.1, 0.15) is 123 Å². The Balaban J connectivity index is 0.00000401. The minimum atomic E-state index is 0. The third kappa shape index (κ3) is 7.10. The summed E-state index contributed by atoms with van der Waals surface area (Å²) in [6, 6.07) is 22.4. The molecule has 7 rings (SSSR count). The zero-order valence-corrected chi connectivity index (χ0v) is 32.1. The molecule has 0 aromatic heterocycles. The van der Waals surface area contributed by atoms with E-state index in [2.05, 4.69) is 86.8 Å². The maximum atomic E-state index is 13.4. The van der Waals surface area contributed by atoms with Gasteiger partial charge < -0.3 is 22.3 Å². The van der Waals surface area contributed by atoms with Gasteiger partial charge in [0.2, 0.25) is 5.91 Å². The quantitative estimate of drug-likeness (QED) is 0.256. The summed E-state index contributed by atoms with van der Waals surface area (Å²) in [7, 11) is 0. The topological polar surface area (TPSA) is 29.1 Å². The van der Waals surface area contributed by atoms with Crippen LogP contribution in [-0.2, 0) is 11.2 Å². The Bertz CT molecular complexity index is 1320. The first-order valence-electron chi connectivity index (χ1n) is 20.1. The smallest absolute Gasteiger partial charge is 0.220 e. The van der Waals surface area contributed by atoms with Crippen molar-refractivity contribution in [2.45, 2.75) is 130 Å². The van der Waals surface area contributed by atoms with E-state index >= 15 is 0 Å². The number of carbonyl (C=O) groups excluding carboxylic acids is 1. The van der Waals surface area contributed by atoms with Crippen molar-refractivity contribution in [3.63, 3.8) is 0 Å². The van der Waals surface area contributed by atoms with Crippen LogP contribution in [0.25, 0.3) is 0 Å². The third-order valence-corrected chi connectivity index (χ3v) is 15.5. The number of rotatable bonds is 10. The minimum Gasteiger partial charge on any atom is -1.00 e. The van der Waals surface area contributed by atoms with E-state index < -0.39 is 0 Å². The molecule has 0 spiro atoms. The van der Waals surface area contributed by atoms with Crippen LogP contribution in [0.15, 0.2) is 60.7 Å². The Morgan fingerprint density at radius 3 is 2.27 bits per heavy atom. The van der Waals surface area contributed by atoms with Gasteiger partial charge in [-0.15, -0.1) is 0 Å². The molecule has 4 aliphatic carbocycles. The number of hydrogen-bond acceptors (Lipinski definition) is 1. The number of aryl methyl sites for hydroxylation is 1. The first-order valence-corrected chi connectivity index (χ1v) is 20.1. The Labute approximate surface area is 303 Å². The summed E-state index contributed by atoms with van der Waals surface area (Å²) in [5.41, 5.74) is 4.01. The van der Waals surface area contributed by atoms with Crippen LogP contribution in [0.2, 0.25) is 0 Å². The fourth-order valence-electron chi connectivity index (χ4n) is 12.9. The fraction of sp³-hybridized carbons (Fsp3) is 0.705. The molecule has 0 bridgehead atoms. The number of nitrogens with zero attached hydrogens (tertiary/aromatic N) is 1. The number of piperidine rings is 1. The van der Waals surface area contributed by atoms with Crippen molar-refractivity contribution in [3.8, 4) is 0 Å². The predicted molar refractivity (Wildman–Crippen MR) is 197 cm³/mol. The summed E-state index contributed by atoms with van der Waals surface area (Å²) in [6.07, 6.45) is 21.0. The van der Waals surface area contributed by atoms with Crippen molar-refractivity contribution in [2.75, 3.05) is 19.6 Å². The number of amides is 1. The predicted octanol–water partition coefficient (Wildman–Crippen LogP) is 7.37. The highest BCUT2D eigenvalue weighted by Gasteiger charge is 2.60. The van der Waals surface area contributed by atoms with E-state index in [4.69, 9.17) is 0 Å². The van der Waals surface area contributed by atoms with Gasteiger partial charge in [0, 0.05) is 31.7 Å². The van der Waals surface area contributed by atoms with E-state index in [0.29, 0.717) is 35.1 Å². The highest BCUT2D eigenvalue weighted by molar-refractivity contribution is 5.76. The van der Waals surface area contributed by atoms with Crippen LogP contribution >= 0.6 is 0 Å². The van der Waals surface area contributed by atoms with Crippen molar-refractivity contribution in [1.82, 2.24) is 9.80 Å². The van der Waals surface area contributed by atoms with Crippen molar-refractivity contribution in [3.05, 3.63) is 66.2 Å². The molecule has 5 fully saturated rings. The second kappa shape index (κ2) is 15.3. The number of likely N-dealkylation sites (tertiary alicyclic amines) is 1. The lowest BCUT2D eigenvalue weighted by Gasteiger charge is -2.61. The maximum Gasteiger partial charge on any atom is 0.220 e. The van der Waals surface area contributed by atoms with E-state index in [1.165, 1.54) is 88.4 Å². The molecule has 8 atom stereocenters. The summed E-state index contributed by atoms with van der Waals surface area (Å²) < 4.78 is 1.06. The molecule has 1 N–H and O–H groups in total. The largest absolute Gasteiger partial charge is 1.00 e. The Morgan fingerprint density at radius 2 is 1.52 bits per heavy atom. The standard InChI is InChI=1S/C44H64N2O.BrH/c1-33(39-22-23-40-38-21-20-35-16-10-11-28-43(35,2)41(38)25-29-44(39,40)3)19-24-42(47)45-36-26-31-46(32-27-36,37-17-8-5-9-18-37)30-12-15-34-13-6-4-7-14-34;/h4-9,13-14,17-18,33,35-36,38-41H,10-12,15-16,19-32H2,1-3H3;1H/t33?,35?,36?,38-,39+,40-,41-,43-,44+,46?;/m0./s1. The molecule has 264 valence electrons. The lowest BCUT2D eigenvalue weighted by Crippen LogP contribution is -3.00. The summed E-state index contributed by atoms with van der Waals surface area (Å²) in [5, 5.41) is 3.52. The van der Waals surface area contributed by atoms with Crippen LogP contribution in [0.3, 0.4) is 0 Å². The van der Waals surface area contributed by atoms with E-state index in [0.717, 1.165) is 72.8 Å². The monoisotopic (exact) mass is 716 g/mol. The number of hydrogen-bond donors (Lipinski definition) is 1. The maximum absolute atomic E-state index is 13.4. The van der Waals surface area contributed by atoms with Crippen LogP contribution in [0.4, 0.5) is 5.69 Å². The van der Waals surface area contributed by atoms with E-state index in [1.54, 1.807) is 0 Å². The van der Waals surface area contributed by atoms with Gasteiger partial charge in [-0.05, 0) is 128 Å². The molecule has 1 aliphatic heterocycles. The normalized spacial score (nSPS) is 38.1. The molecule has 4 heteroatoms. The average molecular weight is 718 g/mol. The Morgan fingerprint density at radius 1 is 0.812 bits per heavy atom. The molecule has 2 aromatic rings. The SMILES string of the molecule is CC(CCC(=O)NC1CC[N+](CCCc2ccccc2)(c2ccccc2)CC1)[C@H]1CC[C@H]2[C@@H]3CCC4CCCC[C@]4(C)[C@H]3CC[C@]12C.[Br-]. The Kier molecular flexibility index (Phi) is 11.5. The number of nitrogens with one attached hydrogen (secondary N) is 1. The van der Waals surface area contributed by atoms with Gasteiger partial charge in [-0.1, -0.05) is 82.1 Å². The van der Waals surface area contributed by atoms with Crippen LogP contribution < -0.4 is 26.8 Å². The molecule has 48 heavy (non-hydrogen) atoms. The molecule has 3 nitrogen and oxygen atoms in total. The third-order valence-electron chi connectivity index (χ3n) is 15.5. The zero-order chi connectivity index (χ0) is 32.5. The van der Waals surface area contributed by atoms with Crippen molar-refractivity contribution >= 4 is 11.6 Å². The minimum absolute atomic E-state index is 0. The summed E-state index contributed by atoms with van der Waals surface area (Å²) in [6.45, 7) is 11.3. The molecule has 1 heterocycles. The van der Waals surface area contributed by atoms with E-state index in [9.17, 15) is 4.79 Å². The summed E-state index contributed by atoms with van der Waals surface area (Å²) in [5.74, 6) is 5.64. The highest BCUT2D eigenvalue weighted by atomic mass is 79.9. The van der Waals surface area contributed by atoms with Gasteiger partial charge in [-0.2, -0.15) is 0 Å². The van der Waals surface area contributed by atoms with Crippen molar-refractivity contribution in [1.29, 1.82) is 0 Å². The number of carbonyl (C=O) groups is 1. The first kappa shape index (κ1) is 36.2. The van der Waals surface area contributed by atoms with Gasteiger partial charge in [0.15, 0.2) is 0 Å². The Hall–Kier alpha value is -1.65. The lowest BCUT2D eigenvalue weighted by molar-refractivity contribution is -0.123. The average Bonchev–Trinajstić information content (AvgIpc) is 3.46. The van der Waals surface area contributed by atoms with Gasteiger partial charge in [-0.3, -0.25) is 9.28 Å². The number of fused-ring (bicyclic) bond motifs is 5. The number of quaternary nitrogens is 1. The second-order valence-electron chi connectivity index (χ2n) is 17.7. The molecule has 2 unspecified atom stereocenters. The number of halogens is 1. The molecule has 1 amide bonds. The van der Waals surface area contributed by atoms with Crippen LogP contribution in [0.5, 0.6) is 0 Å². The zero-order valence-electron chi connectivity index (χ0n) is 30.5. The second-order valence-corrected chi connectivity index (χ2v) is 17.7. The fourth-order valence-corrected chi connectivity index (χ4v) is 12.9. The van der Waals surface area contributed by atoms with Crippen molar-refractivity contribution < 1.29 is 21.8 Å². The summed E-state index contributed by atoms with van der Waals surface area (Å²) >= 11 is 0. The van der Waals surface area contributed by atoms with Crippen LogP contribution in [0, 0.1) is 46.3 Å². The van der Waals surface area contributed by atoms with Gasteiger partial charge >= 0.3 is 0 Å². The highest BCUT2D eigenvalue weighted by Crippen LogP contribution is 2.68. The van der Waals surface area contributed by atoms with Gasteiger partial charge in [0.05, 0.1) is 19.6 Å². The molecule has 5 aliphatic rings. The van der Waals surface area contributed by atoms with E-state index in [1.807, 2.05) is 0 Å². The van der Waals surface area contributed by atoms with E-state index in [-0.39, 0.29) is 17.0 Å². The van der Waals surface area contributed by atoms with Gasteiger partial charge in [0.25, 0.3) is 0 Å². The van der Waals surface area contributed by atoms with Gasteiger partial charge in [-0.25, -0.2) is 0 Å². The number of para-hydroxylation sites is 1. The number of benzene rings is 2. The first-order chi connectivity index (χ1) is 22.8. The molecule has 1 saturated heterocycles. The molecule has 2 aromatic carbocycles. The van der Waals surface area contributed by atoms with Crippen LogP contribution in [-0.4, -0.2) is 31.6 Å². The molecular weight excluding hydrogens is 652 g/mol.